The molecule has 1 aliphatic carbocycles. The van der Waals surface area contributed by atoms with Gasteiger partial charge in [-0.05, 0) is 56.3 Å². The topological polar surface area (TPSA) is 51.8 Å². The lowest BCUT2D eigenvalue weighted by atomic mass is 10.2. The van der Waals surface area contributed by atoms with Crippen LogP contribution < -0.4 is 0 Å². The van der Waals surface area contributed by atoms with Crippen LogP contribution in [0.5, 0.6) is 0 Å². The van der Waals surface area contributed by atoms with Crippen molar-refractivity contribution in [3.05, 3.63) is 27.1 Å². The molecule has 4 rings (SSSR count). The average molecular weight is 303 g/mol. The van der Waals surface area contributed by atoms with Gasteiger partial charge in [0.05, 0.1) is 16.1 Å². The molecular formula is C14H13N3OS2. The minimum Gasteiger partial charge on any atom is -0.333 e. The lowest BCUT2D eigenvalue weighted by Gasteiger charge is -1.91. The van der Waals surface area contributed by atoms with Crippen molar-refractivity contribution in [3.8, 4) is 22.2 Å². The monoisotopic (exact) mass is 303 g/mol. The third kappa shape index (κ3) is 1.83. The summed E-state index contributed by atoms with van der Waals surface area (Å²) in [6.45, 7) is 4.02. The smallest absolute Gasteiger partial charge is 0.268 e. The van der Waals surface area contributed by atoms with Crippen molar-refractivity contribution in [1.29, 1.82) is 0 Å². The maximum Gasteiger partial charge on any atom is 0.268 e. The number of fused-ring (bicyclic) bond motifs is 1. The molecule has 4 nitrogen and oxygen atoms in total. The van der Waals surface area contributed by atoms with Gasteiger partial charge in [-0.15, -0.1) is 11.3 Å². The first kappa shape index (κ1) is 12.2. The standard InChI is InChI=1S/C14H13N3OS2/c1-7-12(8(2)20-17-7)13-15-14(18-16-13)11-6-9-4-3-5-10(9)19-11/h6H,3-5H2,1-2H3. The highest BCUT2D eigenvalue weighted by Crippen LogP contribution is 2.37. The third-order valence-electron chi connectivity index (χ3n) is 3.64. The van der Waals surface area contributed by atoms with Gasteiger partial charge in [0.15, 0.2) is 0 Å². The van der Waals surface area contributed by atoms with Crippen molar-refractivity contribution in [2.24, 2.45) is 0 Å². The predicted octanol–water partition coefficient (Wildman–Crippen LogP) is 4.03. The van der Waals surface area contributed by atoms with Crippen LogP contribution in [0.2, 0.25) is 0 Å². The second-order valence-electron chi connectivity index (χ2n) is 5.03. The van der Waals surface area contributed by atoms with Gasteiger partial charge in [0.2, 0.25) is 5.82 Å². The van der Waals surface area contributed by atoms with Crippen molar-refractivity contribution >= 4 is 22.9 Å². The van der Waals surface area contributed by atoms with Crippen LogP contribution in [0, 0.1) is 13.8 Å². The van der Waals surface area contributed by atoms with Gasteiger partial charge in [-0.25, -0.2) is 0 Å². The molecule has 3 aromatic rings. The fraction of sp³-hybridized carbons (Fsp3) is 0.357. The molecule has 0 saturated carbocycles. The maximum absolute atomic E-state index is 5.45. The highest BCUT2D eigenvalue weighted by molar-refractivity contribution is 7.15. The Morgan fingerprint density at radius 3 is 2.90 bits per heavy atom. The lowest BCUT2D eigenvalue weighted by molar-refractivity contribution is 0.433. The minimum absolute atomic E-state index is 0.629. The first-order chi connectivity index (χ1) is 9.72. The summed E-state index contributed by atoms with van der Waals surface area (Å²) >= 11 is 3.27. The molecule has 0 spiro atoms. The summed E-state index contributed by atoms with van der Waals surface area (Å²) < 4.78 is 9.79. The van der Waals surface area contributed by atoms with Gasteiger partial charge in [-0.3, -0.25) is 0 Å². The van der Waals surface area contributed by atoms with Crippen molar-refractivity contribution in [3.63, 3.8) is 0 Å². The Kier molecular flexibility index (Phi) is 2.75. The normalized spacial score (nSPS) is 13.9. The van der Waals surface area contributed by atoms with Crippen molar-refractivity contribution in [2.45, 2.75) is 33.1 Å². The van der Waals surface area contributed by atoms with Crippen LogP contribution in [-0.2, 0) is 12.8 Å². The second kappa shape index (κ2) is 4.49. The van der Waals surface area contributed by atoms with E-state index in [0.29, 0.717) is 11.7 Å². The molecule has 0 N–H and O–H groups in total. The zero-order chi connectivity index (χ0) is 13.7. The highest BCUT2D eigenvalue weighted by Gasteiger charge is 2.21. The summed E-state index contributed by atoms with van der Waals surface area (Å²) in [6, 6.07) is 2.20. The van der Waals surface area contributed by atoms with E-state index < -0.39 is 0 Å². The average Bonchev–Trinajstić information content (AvgIpc) is 3.11. The largest absolute Gasteiger partial charge is 0.333 e. The number of hydrogen-bond donors (Lipinski definition) is 0. The van der Waals surface area contributed by atoms with E-state index in [1.807, 2.05) is 13.8 Å². The molecule has 3 heterocycles. The van der Waals surface area contributed by atoms with Gasteiger partial charge in [-0.1, -0.05) is 5.16 Å². The molecule has 20 heavy (non-hydrogen) atoms. The summed E-state index contributed by atoms with van der Waals surface area (Å²) in [4.78, 5) is 8.25. The molecule has 0 fully saturated rings. The number of aromatic nitrogens is 3. The van der Waals surface area contributed by atoms with Crippen LogP contribution in [-0.4, -0.2) is 14.5 Å². The third-order valence-corrected chi connectivity index (χ3v) is 5.71. The number of rotatable bonds is 2. The summed E-state index contributed by atoms with van der Waals surface area (Å²) in [5.74, 6) is 1.28. The molecule has 6 heteroatoms. The van der Waals surface area contributed by atoms with E-state index in [1.54, 1.807) is 11.3 Å². The fourth-order valence-electron chi connectivity index (χ4n) is 2.66. The molecular weight excluding hydrogens is 290 g/mol. The van der Waals surface area contributed by atoms with Crippen molar-refractivity contribution < 1.29 is 4.52 Å². The SMILES string of the molecule is Cc1nsc(C)c1-c1noc(-c2cc3c(s2)CCC3)n1. The summed E-state index contributed by atoms with van der Waals surface area (Å²) in [5, 5.41) is 4.13. The van der Waals surface area contributed by atoms with Crippen molar-refractivity contribution in [2.75, 3.05) is 0 Å². The Morgan fingerprint density at radius 1 is 1.25 bits per heavy atom. The van der Waals surface area contributed by atoms with Gasteiger partial charge in [-0.2, -0.15) is 9.36 Å². The van der Waals surface area contributed by atoms with Gasteiger partial charge < -0.3 is 4.52 Å². The first-order valence-electron chi connectivity index (χ1n) is 6.61. The summed E-state index contributed by atoms with van der Waals surface area (Å²) in [6.07, 6.45) is 3.64. The minimum atomic E-state index is 0.629. The quantitative estimate of drug-likeness (QED) is 0.717. The van der Waals surface area contributed by atoms with Crippen LogP contribution in [0.15, 0.2) is 10.6 Å². The molecule has 0 aliphatic heterocycles. The molecule has 3 aromatic heterocycles. The van der Waals surface area contributed by atoms with E-state index in [2.05, 4.69) is 20.6 Å². The Hall–Kier alpha value is -1.53. The Morgan fingerprint density at radius 2 is 2.15 bits per heavy atom. The number of nitrogens with zero attached hydrogens (tertiary/aromatic N) is 3. The van der Waals surface area contributed by atoms with Crippen LogP contribution >= 0.6 is 22.9 Å². The molecule has 1 aliphatic rings. The molecule has 0 atom stereocenters. The molecule has 0 radical (unpaired) electrons. The summed E-state index contributed by atoms with van der Waals surface area (Å²) in [5.41, 5.74) is 3.43. The summed E-state index contributed by atoms with van der Waals surface area (Å²) in [7, 11) is 0. The van der Waals surface area contributed by atoms with E-state index in [-0.39, 0.29) is 0 Å². The molecule has 102 valence electrons. The number of thiophene rings is 1. The van der Waals surface area contributed by atoms with Crippen molar-refractivity contribution in [1.82, 2.24) is 14.5 Å². The molecule has 0 unspecified atom stereocenters. The van der Waals surface area contributed by atoms with Gasteiger partial charge >= 0.3 is 0 Å². The van der Waals surface area contributed by atoms with Crippen LogP contribution in [0.4, 0.5) is 0 Å². The molecule has 0 bridgehead atoms. The van der Waals surface area contributed by atoms with E-state index in [9.17, 15) is 0 Å². The second-order valence-corrected chi connectivity index (χ2v) is 7.15. The van der Waals surface area contributed by atoms with E-state index in [4.69, 9.17) is 4.52 Å². The molecule has 0 saturated heterocycles. The van der Waals surface area contributed by atoms with Gasteiger partial charge in [0, 0.05) is 9.75 Å². The zero-order valence-electron chi connectivity index (χ0n) is 11.3. The first-order valence-corrected chi connectivity index (χ1v) is 8.20. The van der Waals surface area contributed by atoms with E-state index in [0.717, 1.165) is 21.0 Å². The Labute approximate surface area is 124 Å². The number of aryl methyl sites for hydroxylation is 4. The van der Waals surface area contributed by atoms with E-state index in [1.165, 1.54) is 41.2 Å². The highest BCUT2D eigenvalue weighted by atomic mass is 32.1. The maximum atomic E-state index is 5.45. The van der Waals surface area contributed by atoms with Crippen LogP contribution in [0.25, 0.3) is 22.2 Å². The molecule has 0 amide bonds. The number of hydrogen-bond acceptors (Lipinski definition) is 6. The molecule has 0 aromatic carbocycles. The Balaban J connectivity index is 1.74. The van der Waals surface area contributed by atoms with Crippen LogP contribution in [0.3, 0.4) is 0 Å². The van der Waals surface area contributed by atoms with E-state index >= 15 is 0 Å². The zero-order valence-corrected chi connectivity index (χ0v) is 12.9. The van der Waals surface area contributed by atoms with Crippen LogP contribution in [0.1, 0.15) is 27.4 Å². The van der Waals surface area contributed by atoms with Gasteiger partial charge in [0.1, 0.15) is 0 Å². The lowest BCUT2D eigenvalue weighted by Crippen LogP contribution is -1.84. The fourth-order valence-corrected chi connectivity index (χ4v) is 4.53. The predicted molar refractivity (Wildman–Crippen MR) is 80.2 cm³/mol. The Bertz CT molecular complexity index is 743. The van der Waals surface area contributed by atoms with Gasteiger partial charge in [0.25, 0.3) is 5.89 Å².